The lowest BCUT2D eigenvalue weighted by molar-refractivity contribution is -0.136. The van der Waals surface area contributed by atoms with Crippen LogP contribution in [0.3, 0.4) is 0 Å². The van der Waals surface area contributed by atoms with Crippen LogP contribution < -0.4 is 15.5 Å². The normalized spacial score (nSPS) is 25.5. The summed E-state index contributed by atoms with van der Waals surface area (Å²) in [5.41, 5.74) is 2.07. The molecule has 13 heteroatoms. The second-order valence-corrected chi connectivity index (χ2v) is 10.8. The molecule has 0 radical (unpaired) electrons. The number of nitrogens with zero attached hydrogens (tertiary/aromatic N) is 4. The quantitative estimate of drug-likeness (QED) is 0.492. The van der Waals surface area contributed by atoms with Gasteiger partial charge in [-0.2, -0.15) is 27.2 Å². The number of halogens is 4. The van der Waals surface area contributed by atoms with Crippen molar-refractivity contribution < 1.29 is 31.9 Å². The Balaban J connectivity index is 1.24. The number of hydrogen-bond donors (Lipinski definition) is 2. The van der Waals surface area contributed by atoms with Gasteiger partial charge in [0.2, 0.25) is 17.8 Å². The number of amides is 4. The van der Waals surface area contributed by atoms with Crippen LogP contribution in [0.1, 0.15) is 65.8 Å². The first-order valence-corrected chi connectivity index (χ1v) is 12.7. The second kappa shape index (κ2) is 7.99. The van der Waals surface area contributed by atoms with Gasteiger partial charge >= 0.3 is 12.2 Å². The standard InChI is InChI=1S/C26H22F4N6O3/c27-20-10-31-21-15(8-18(34-36(20)21)16-9-32-24(39)33-22(16)37)14-7-13(14)12-2-3-17-19(6-12)35(11-26(28,29)30)23(38)25(17)4-1-5-25/h2-3,6,8,10,13-14,16H,1,4-5,7,9,11H2,(H2,32,33,37,39)/t13-,14+,16?/m1/s1. The van der Waals surface area contributed by atoms with E-state index in [1.54, 1.807) is 18.2 Å². The van der Waals surface area contributed by atoms with Crippen LogP contribution in [-0.2, 0) is 15.0 Å². The number of hydrogen-bond acceptors (Lipinski definition) is 5. The third-order valence-corrected chi connectivity index (χ3v) is 8.50. The van der Waals surface area contributed by atoms with Gasteiger partial charge < -0.3 is 10.2 Å². The van der Waals surface area contributed by atoms with Crippen molar-refractivity contribution in [1.82, 2.24) is 25.2 Å². The van der Waals surface area contributed by atoms with E-state index in [0.29, 0.717) is 36.1 Å². The molecule has 3 atom stereocenters. The number of carbonyl (C=O) groups is 3. The molecule has 1 spiro atoms. The molecular formula is C26H22F4N6O3. The molecule has 2 aliphatic carbocycles. The van der Waals surface area contributed by atoms with Crippen molar-refractivity contribution in [3.05, 3.63) is 58.8 Å². The lowest BCUT2D eigenvalue weighted by Gasteiger charge is -2.37. The summed E-state index contributed by atoms with van der Waals surface area (Å²) in [6.07, 6.45) is -1.01. The van der Waals surface area contributed by atoms with E-state index in [2.05, 4.69) is 20.7 Å². The minimum absolute atomic E-state index is 0.00264. The highest BCUT2D eigenvalue weighted by Crippen LogP contribution is 2.59. The highest BCUT2D eigenvalue weighted by molar-refractivity contribution is 6.09. The van der Waals surface area contributed by atoms with Crippen molar-refractivity contribution in [3.8, 4) is 0 Å². The lowest BCUT2D eigenvalue weighted by atomic mass is 9.65. The summed E-state index contributed by atoms with van der Waals surface area (Å²) < 4.78 is 55.8. The Morgan fingerprint density at radius 1 is 1.10 bits per heavy atom. The number of alkyl halides is 3. The molecule has 7 rings (SSSR count). The summed E-state index contributed by atoms with van der Waals surface area (Å²) >= 11 is 0. The molecule has 1 unspecified atom stereocenters. The number of urea groups is 1. The third-order valence-electron chi connectivity index (χ3n) is 8.50. The Morgan fingerprint density at radius 3 is 2.59 bits per heavy atom. The first-order valence-electron chi connectivity index (χ1n) is 12.7. The molecule has 4 heterocycles. The van der Waals surface area contributed by atoms with Crippen molar-refractivity contribution in [2.24, 2.45) is 0 Å². The average molecular weight is 542 g/mol. The third kappa shape index (κ3) is 3.62. The summed E-state index contributed by atoms with van der Waals surface area (Å²) in [5.74, 6) is -2.84. The Morgan fingerprint density at radius 2 is 1.90 bits per heavy atom. The van der Waals surface area contributed by atoms with E-state index in [4.69, 9.17) is 0 Å². The number of aromatic nitrogens is 3. The molecule has 2 aliphatic heterocycles. The van der Waals surface area contributed by atoms with Gasteiger partial charge in [-0.15, -0.1) is 0 Å². The van der Waals surface area contributed by atoms with E-state index >= 15 is 0 Å². The molecule has 0 bridgehead atoms. The largest absolute Gasteiger partial charge is 0.406 e. The van der Waals surface area contributed by atoms with Crippen LogP contribution >= 0.6 is 0 Å². The predicted molar refractivity (Wildman–Crippen MR) is 128 cm³/mol. The molecule has 3 fully saturated rings. The topological polar surface area (TPSA) is 109 Å². The monoisotopic (exact) mass is 542 g/mol. The predicted octanol–water partition coefficient (Wildman–Crippen LogP) is 3.39. The van der Waals surface area contributed by atoms with E-state index < -0.39 is 47.8 Å². The Bertz CT molecular complexity index is 1580. The van der Waals surface area contributed by atoms with E-state index in [0.717, 1.165) is 27.6 Å². The number of imide groups is 1. The molecule has 3 aromatic rings. The van der Waals surface area contributed by atoms with Crippen LogP contribution in [-0.4, -0.2) is 51.7 Å². The molecule has 2 aromatic heterocycles. The summed E-state index contributed by atoms with van der Waals surface area (Å²) in [6, 6.07) is 6.40. The SMILES string of the molecule is O=C1NCC(c2cc([C@H]3C[C@@H]3c3ccc4c(c3)N(CC(F)(F)F)C(=O)C43CCC3)c3ncc(F)n3n2)C(=O)N1. The van der Waals surface area contributed by atoms with Crippen LogP contribution in [0.4, 0.5) is 28.0 Å². The Labute approximate surface area is 218 Å². The number of rotatable bonds is 4. The highest BCUT2D eigenvalue weighted by atomic mass is 19.4. The molecular weight excluding hydrogens is 520 g/mol. The first-order chi connectivity index (χ1) is 18.6. The number of anilines is 1. The highest BCUT2D eigenvalue weighted by Gasteiger charge is 2.56. The van der Waals surface area contributed by atoms with Crippen molar-refractivity contribution in [2.45, 2.75) is 55.0 Å². The Kier molecular flexibility index (Phi) is 4.93. The molecule has 9 nitrogen and oxygen atoms in total. The van der Waals surface area contributed by atoms with Gasteiger partial charge in [-0.3, -0.25) is 14.9 Å². The maximum Gasteiger partial charge on any atom is 0.406 e. The fourth-order valence-corrected chi connectivity index (χ4v) is 6.34. The molecule has 4 aliphatic rings. The van der Waals surface area contributed by atoms with Gasteiger partial charge in [0.25, 0.3) is 0 Å². The van der Waals surface area contributed by atoms with Gasteiger partial charge in [-0.05, 0) is 54.4 Å². The molecule has 39 heavy (non-hydrogen) atoms. The van der Waals surface area contributed by atoms with Crippen LogP contribution in [0.5, 0.6) is 0 Å². The van der Waals surface area contributed by atoms with Crippen molar-refractivity contribution >= 4 is 29.2 Å². The van der Waals surface area contributed by atoms with Gasteiger partial charge in [0.1, 0.15) is 6.54 Å². The number of nitrogens with one attached hydrogen (secondary N) is 2. The van der Waals surface area contributed by atoms with E-state index in [1.165, 1.54) is 0 Å². The zero-order valence-corrected chi connectivity index (χ0v) is 20.4. The minimum Gasteiger partial charge on any atom is -0.337 e. The summed E-state index contributed by atoms with van der Waals surface area (Å²) in [5, 5.41) is 8.98. The van der Waals surface area contributed by atoms with E-state index in [1.807, 2.05) is 6.07 Å². The molecule has 2 N–H and O–H groups in total. The van der Waals surface area contributed by atoms with Crippen molar-refractivity contribution in [1.29, 1.82) is 0 Å². The summed E-state index contributed by atoms with van der Waals surface area (Å²) in [7, 11) is 0. The Hall–Kier alpha value is -4.03. The molecule has 202 valence electrons. The smallest absolute Gasteiger partial charge is 0.337 e. The fraction of sp³-hybridized carbons (Fsp3) is 0.423. The summed E-state index contributed by atoms with van der Waals surface area (Å²) in [4.78, 5) is 42.1. The number of imidazole rings is 1. The zero-order chi connectivity index (χ0) is 27.3. The molecule has 1 saturated heterocycles. The molecule has 4 amide bonds. The van der Waals surface area contributed by atoms with Gasteiger partial charge in [0.05, 0.1) is 23.2 Å². The maximum atomic E-state index is 14.6. The van der Waals surface area contributed by atoms with E-state index in [9.17, 15) is 31.9 Å². The minimum atomic E-state index is -4.53. The fourth-order valence-electron chi connectivity index (χ4n) is 6.34. The van der Waals surface area contributed by atoms with Gasteiger partial charge in [-0.25, -0.2) is 9.78 Å². The first kappa shape index (κ1) is 24.0. The van der Waals surface area contributed by atoms with Crippen LogP contribution in [0.2, 0.25) is 0 Å². The van der Waals surface area contributed by atoms with E-state index in [-0.39, 0.29) is 29.7 Å². The molecule has 2 saturated carbocycles. The maximum absolute atomic E-state index is 14.6. The van der Waals surface area contributed by atoms with Crippen molar-refractivity contribution in [2.75, 3.05) is 18.0 Å². The van der Waals surface area contributed by atoms with Crippen LogP contribution in [0, 0.1) is 5.95 Å². The van der Waals surface area contributed by atoms with Gasteiger partial charge in [-0.1, -0.05) is 18.6 Å². The van der Waals surface area contributed by atoms with Crippen LogP contribution in [0.15, 0.2) is 30.5 Å². The zero-order valence-electron chi connectivity index (χ0n) is 20.4. The number of fused-ring (bicyclic) bond motifs is 3. The number of carbonyl (C=O) groups excluding carboxylic acids is 3. The summed E-state index contributed by atoms with van der Waals surface area (Å²) in [6.45, 7) is -1.33. The molecule has 1 aromatic carbocycles. The van der Waals surface area contributed by atoms with Gasteiger partial charge in [0, 0.05) is 17.8 Å². The lowest BCUT2D eigenvalue weighted by Crippen LogP contribution is -2.51. The van der Waals surface area contributed by atoms with Crippen LogP contribution in [0.25, 0.3) is 5.65 Å². The van der Waals surface area contributed by atoms with Crippen molar-refractivity contribution in [3.63, 3.8) is 0 Å². The number of benzene rings is 1. The second-order valence-electron chi connectivity index (χ2n) is 10.8. The van der Waals surface area contributed by atoms with Gasteiger partial charge in [0.15, 0.2) is 5.65 Å². The average Bonchev–Trinajstić information content (AvgIpc) is 3.50.